The van der Waals surface area contributed by atoms with Crippen LogP contribution in [0.2, 0.25) is 0 Å². The number of carbonyl (C=O) groups is 2. The van der Waals surface area contributed by atoms with Crippen LogP contribution in [-0.4, -0.2) is 34.7 Å². The molecule has 2 atom stereocenters. The van der Waals surface area contributed by atoms with Crippen molar-refractivity contribution in [2.75, 3.05) is 0 Å². The monoisotopic (exact) mass is 550 g/mol. The Morgan fingerprint density at radius 2 is 0.810 bits per heavy atom. The van der Waals surface area contributed by atoms with E-state index in [0.29, 0.717) is 13.1 Å². The lowest BCUT2D eigenvalue weighted by Crippen LogP contribution is -2.52. The molecule has 1 fully saturated rings. The van der Waals surface area contributed by atoms with Crippen molar-refractivity contribution in [1.82, 2.24) is 9.80 Å². The maximum absolute atomic E-state index is 12.9. The predicted molar refractivity (Wildman–Crippen MR) is 172 cm³/mol. The normalized spacial score (nSPS) is 17.0. The van der Waals surface area contributed by atoms with Gasteiger partial charge in [0.25, 0.3) is 0 Å². The fourth-order valence-electron chi connectivity index (χ4n) is 7.25. The van der Waals surface area contributed by atoms with Crippen LogP contribution in [0, 0.1) is 0 Å². The first-order valence-electron chi connectivity index (χ1n) is 15.0. The highest BCUT2D eigenvalue weighted by atomic mass is 16.1. The lowest BCUT2D eigenvalue weighted by molar-refractivity contribution is -0.129. The molecule has 4 heteroatoms. The van der Waals surface area contributed by atoms with Crippen LogP contribution in [0.1, 0.15) is 36.8 Å². The Morgan fingerprint density at radius 3 is 1.12 bits per heavy atom. The van der Waals surface area contributed by atoms with E-state index in [4.69, 9.17) is 0 Å². The van der Waals surface area contributed by atoms with Crippen molar-refractivity contribution in [3.8, 4) is 0 Å². The number of hydrogen-bond acceptors (Lipinski definition) is 2. The van der Waals surface area contributed by atoms with Gasteiger partial charge in [-0.05, 0) is 79.2 Å². The summed E-state index contributed by atoms with van der Waals surface area (Å²) in [6.07, 6.45) is 5.88. The Hall–Kier alpha value is -4.70. The highest BCUT2D eigenvalue weighted by Crippen LogP contribution is 2.35. The fraction of sp³-hybridized carbons (Fsp3) is 0.211. The Morgan fingerprint density at radius 1 is 0.500 bits per heavy atom. The zero-order valence-corrected chi connectivity index (χ0v) is 23.7. The Labute approximate surface area is 246 Å². The molecule has 0 bridgehead atoms. The van der Waals surface area contributed by atoms with Crippen molar-refractivity contribution >= 4 is 55.9 Å². The molecule has 6 aromatic rings. The fourth-order valence-corrected chi connectivity index (χ4v) is 7.25. The molecule has 6 aromatic carbocycles. The molecule has 0 saturated heterocycles. The summed E-state index contributed by atoms with van der Waals surface area (Å²) in [6, 6.07) is 38.1. The van der Waals surface area contributed by atoms with Crippen molar-refractivity contribution in [3.05, 3.63) is 120 Å². The molecule has 1 aliphatic carbocycles. The van der Waals surface area contributed by atoms with Crippen LogP contribution in [0.3, 0.4) is 0 Å². The van der Waals surface area contributed by atoms with Gasteiger partial charge in [-0.3, -0.25) is 9.59 Å². The summed E-state index contributed by atoms with van der Waals surface area (Å²) in [5.41, 5.74) is 2.33. The van der Waals surface area contributed by atoms with E-state index in [0.717, 1.165) is 49.6 Å². The molecule has 0 heterocycles. The van der Waals surface area contributed by atoms with Crippen LogP contribution in [0.25, 0.3) is 43.1 Å². The third-order valence-corrected chi connectivity index (χ3v) is 9.26. The molecule has 0 spiro atoms. The standard InChI is InChI=1S/C38H34N2O2/c41-25-39(23-35-31-15-5-1-11-27(31)21-28-12-2-6-16-32(28)35)37-19-9-10-20-38(37)40(26-42)24-36-33-17-7-3-13-29(33)22-30-14-4-8-18-34(30)36/h1-8,11-18,21-22,25-26,37-38H,9-10,19-20,23-24H2/t37-,38-/m1/s1. The van der Waals surface area contributed by atoms with E-state index in [1.165, 1.54) is 43.1 Å². The van der Waals surface area contributed by atoms with E-state index in [2.05, 4.69) is 109 Å². The van der Waals surface area contributed by atoms with Gasteiger partial charge in [-0.2, -0.15) is 0 Å². The molecule has 0 radical (unpaired) electrons. The minimum Gasteiger partial charge on any atom is -0.336 e. The van der Waals surface area contributed by atoms with E-state index in [1.807, 2.05) is 9.80 Å². The molecule has 42 heavy (non-hydrogen) atoms. The minimum atomic E-state index is -0.0552. The van der Waals surface area contributed by atoms with Crippen molar-refractivity contribution in [2.24, 2.45) is 0 Å². The lowest BCUT2D eigenvalue weighted by Gasteiger charge is -2.43. The summed E-state index contributed by atoms with van der Waals surface area (Å²) in [6.45, 7) is 1.02. The molecule has 0 N–H and O–H groups in total. The molecule has 2 amide bonds. The van der Waals surface area contributed by atoms with Gasteiger partial charge >= 0.3 is 0 Å². The highest BCUT2D eigenvalue weighted by molar-refractivity contribution is 6.03. The SMILES string of the molecule is O=CN(Cc1c2ccccc2cc2ccccc12)[C@@H]1CCCC[C@H]1N(C=O)Cc1c2ccccc2cc2ccccc12. The first-order valence-corrected chi connectivity index (χ1v) is 15.0. The molecular formula is C38H34N2O2. The molecule has 1 aliphatic rings. The largest absolute Gasteiger partial charge is 0.336 e. The van der Waals surface area contributed by atoms with Crippen LogP contribution in [0.5, 0.6) is 0 Å². The van der Waals surface area contributed by atoms with Gasteiger partial charge in [0.1, 0.15) is 0 Å². The minimum absolute atomic E-state index is 0.0552. The molecule has 4 nitrogen and oxygen atoms in total. The van der Waals surface area contributed by atoms with E-state index < -0.39 is 0 Å². The number of hydrogen-bond donors (Lipinski definition) is 0. The van der Waals surface area contributed by atoms with Gasteiger partial charge < -0.3 is 9.80 Å². The molecular weight excluding hydrogens is 516 g/mol. The van der Waals surface area contributed by atoms with Gasteiger partial charge in [-0.25, -0.2) is 0 Å². The lowest BCUT2D eigenvalue weighted by atomic mass is 9.87. The van der Waals surface area contributed by atoms with Crippen LogP contribution in [0.4, 0.5) is 0 Å². The Bertz CT molecular complexity index is 1680. The Kier molecular flexibility index (Phi) is 7.05. The van der Waals surface area contributed by atoms with Gasteiger partial charge in [0, 0.05) is 13.1 Å². The zero-order valence-electron chi connectivity index (χ0n) is 23.7. The van der Waals surface area contributed by atoms with Crippen molar-refractivity contribution in [3.63, 3.8) is 0 Å². The van der Waals surface area contributed by atoms with Crippen molar-refractivity contribution in [1.29, 1.82) is 0 Å². The van der Waals surface area contributed by atoms with E-state index in [1.54, 1.807) is 0 Å². The smallest absolute Gasteiger partial charge is 0.210 e. The first-order chi connectivity index (χ1) is 20.7. The summed E-state index contributed by atoms with van der Waals surface area (Å²) in [5, 5.41) is 9.39. The van der Waals surface area contributed by atoms with E-state index in [-0.39, 0.29) is 12.1 Å². The molecule has 0 aliphatic heterocycles. The van der Waals surface area contributed by atoms with Crippen LogP contribution >= 0.6 is 0 Å². The molecule has 0 unspecified atom stereocenters. The summed E-state index contributed by atoms with van der Waals surface area (Å²) in [7, 11) is 0. The van der Waals surface area contributed by atoms with Crippen LogP contribution < -0.4 is 0 Å². The summed E-state index contributed by atoms with van der Waals surface area (Å²) < 4.78 is 0. The van der Waals surface area contributed by atoms with Gasteiger partial charge in [-0.15, -0.1) is 0 Å². The van der Waals surface area contributed by atoms with Gasteiger partial charge in [0.2, 0.25) is 12.8 Å². The quantitative estimate of drug-likeness (QED) is 0.141. The summed E-state index contributed by atoms with van der Waals surface area (Å²) in [4.78, 5) is 29.7. The predicted octanol–water partition coefficient (Wildman–Crippen LogP) is 8.23. The number of amides is 2. The topological polar surface area (TPSA) is 40.6 Å². The van der Waals surface area contributed by atoms with Gasteiger partial charge in [0.05, 0.1) is 12.1 Å². The van der Waals surface area contributed by atoms with Gasteiger partial charge in [0.15, 0.2) is 0 Å². The van der Waals surface area contributed by atoms with Crippen molar-refractivity contribution in [2.45, 2.75) is 50.9 Å². The van der Waals surface area contributed by atoms with Crippen molar-refractivity contribution < 1.29 is 9.59 Å². The molecule has 7 rings (SSSR count). The first kappa shape index (κ1) is 26.2. The zero-order chi connectivity index (χ0) is 28.5. The third-order valence-electron chi connectivity index (χ3n) is 9.26. The number of carbonyl (C=O) groups excluding carboxylic acids is 2. The van der Waals surface area contributed by atoms with E-state index >= 15 is 0 Å². The number of fused-ring (bicyclic) bond motifs is 4. The maximum atomic E-state index is 12.9. The maximum Gasteiger partial charge on any atom is 0.210 e. The number of nitrogens with zero attached hydrogens (tertiary/aromatic N) is 2. The van der Waals surface area contributed by atoms with Gasteiger partial charge in [-0.1, -0.05) is 110 Å². The summed E-state index contributed by atoms with van der Waals surface area (Å²) >= 11 is 0. The highest BCUT2D eigenvalue weighted by Gasteiger charge is 2.34. The van der Waals surface area contributed by atoms with Crippen LogP contribution in [0.15, 0.2) is 109 Å². The number of rotatable bonds is 8. The van der Waals surface area contributed by atoms with Crippen LogP contribution in [-0.2, 0) is 22.7 Å². The second-order valence-corrected chi connectivity index (χ2v) is 11.6. The molecule has 1 saturated carbocycles. The second-order valence-electron chi connectivity index (χ2n) is 11.6. The molecule has 208 valence electrons. The molecule has 0 aromatic heterocycles. The second kappa shape index (κ2) is 11.3. The average Bonchev–Trinajstić information content (AvgIpc) is 3.05. The number of benzene rings is 6. The average molecular weight is 551 g/mol. The Balaban J connectivity index is 1.27. The summed E-state index contributed by atoms with van der Waals surface area (Å²) in [5.74, 6) is 0. The third kappa shape index (κ3) is 4.67. The van der Waals surface area contributed by atoms with E-state index in [9.17, 15) is 9.59 Å².